The van der Waals surface area contributed by atoms with Gasteiger partial charge in [0.1, 0.15) is 0 Å². The van der Waals surface area contributed by atoms with Crippen molar-refractivity contribution in [1.82, 2.24) is 10.2 Å². The molecule has 1 heterocycles. The van der Waals surface area contributed by atoms with E-state index in [0.717, 1.165) is 30.5 Å². The average Bonchev–Trinajstić information content (AvgIpc) is 2.92. The molecule has 1 unspecified atom stereocenters. The summed E-state index contributed by atoms with van der Waals surface area (Å²) in [5.41, 5.74) is 0.689. The summed E-state index contributed by atoms with van der Waals surface area (Å²) >= 11 is 9.38. The molecule has 0 radical (unpaired) electrons. The lowest BCUT2D eigenvalue weighted by Gasteiger charge is -2.30. The molecule has 1 aliphatic rings. The zero-order valence-corrected chi connectivity index (χ0v) is 14.2. The van der Waals surface area contributed by atoms with Gasteiger partial charge in [0, 0.05) is 29.2 Å². The molecule has 5 heteroatoms. The zero-order chi connectivity index (χ0) is 14.7. The third kappa shape index (κ3) is 3.74. The van der Waals surface area contributed by atoms with Crippen LogP contribution in [-0.2, 0) is 0 Å². The third-order valence-corrected chi connectivity index (χ3v) is 4.68. The van der Waals surface area contributed by atoms with Crippen molar-refractivity contribution in [1.29, 1.82) is 0 Å². The summed E-state index contributed by atoms with van der Waals surface area (Å²) in [6, 6.07) is 5.66. The molecule has 1 atom stereocenters. The first-order valence-electron chi connectivity index (χ1n) is 6.95. The molecule has 0 spiro atoms. The Morgan fingerprint density at radius 3 is 2.85 bits per heavy atom. The van der Waals surface area contributed by atoms with Gasteiger partial charge < -0.3 is 10.2 Å². The molecule has 0 aliphatic carbocycles. The number of hydrogen-bond acceptors (Lipinski definition) is 2. The van der Waals surface area contributed by atoms with Crippen molar-refractivity contribution in [3.05, 3.63) is 33.3 Å². The Kier molecular flexibility index (Phi) is 5.47. The zero-order valence-electron chi connectivity index (χ0n) is 11.8. The van der Waals surface area contributed by atoms with E-state index < -0.39 is 0 Å². The molecule has 110 valence electrons. The highest BCUT2D eigenvalue weighted by atomic mass is 79.9. The van der Waals surface area contributed by atoms with Gasteiger partial charge in [0.2, 0.25) is 0 Å². The van der Waals surface area contributed by atoms with Crippen LogP contribution in [0.1, 0.15) is 30.6 Å². The maximum Gasteiger partial charge on any atom is 0.254 e. The normalized spacial score (nSPS) is 18.6. The van der Waals surface area contributed by atoms with Crippen LogP contribution >= 0.6 is 27.5 Å². The van der Waals surface area contributed by atoms with E-state index in [2.05, 4.69) is 35.1 Å². The maximum absolute atomic E-state index is 12.8. The van der Waals surface area contributed by atoms with Crippen LogP contribution in [0.2, 0.25) is 5.02 Å². The van der Waals surface area contributed by atoms with E-state index in [9.17, 15) is 4.79 Å². The number of nitrogens with zero attached hydrogens (tertiary/aromatic N) is 1. The molecule has 1 aromatic rings. The first kappa shape index (κ1) is 15.8. The van der Waals surface area contributed by atoms with E-state index in [0.29, 0.717) is 22.5 Å². The molecule has 20 heavy (non-hydrogen) atoms. The minimum atomic E-state index is 0.0877. The predicted molar refractivity (Wildman–Crippen MR) is 86.3 cm³/mol. The van der Waals surface area contributed by atoms with Gasteiger partial charge in [-0.15, -0.1) is 0 Å². The lowest BCUT2D eigenvalue weighted by Crippen LogP contribution is -2.43. The number of hydrogen-bond donors (Lipinski definition) is 1. The fourth-order valence-corrected chi connectivity index (χ4v) is 2.99. The van der Waals surface area contributed by atoms with Gasteiger partial charge in [0.15, 0.2) is 0 Å². The lowest BCUT2D eigenvalue weighted by atomic mass is 10.1. The second-order valence-electron chi connectivity index (χ2n) is 5.63. The molecule has 0 aromatic heterocycles. The van der Waals surface area contributed by atoms with E-state index in [4.69, 9.17) is 11.6 Å². The van der Waals surface area contributed by atoms with Crippen molar-refractivity contribution < 1.29 is 4.79 Å². The topological polar surface area (TPSA) is 32.3 Å². The predicted octanol–water partition coefficient (Wildman–Crippen LogP) is 3.56. The molecule has 0 bridgehead atoms. The molecule has 3 nitrogen and oxygen atoms in total. The number of carbonyl (C=O) groups excluding carboxylic acids is 1. The monoisotopic (exact) mass is 358 g/mol. The van der Waals surface area contributed by atoms with Crippen LogP contribution < -0.4 is 5.32 Å². The lowest BCUT2D eigenvalue weighted by molar-refractivity contribution is 0.0667. The molecule has 1 amide bonds. The summed E-state index contributed by atoms with van der Waals surface area (Å²) in [5.74, 6) is 0.542. The summed E-state index contributed by atoms with van der Waals surface area (Å²) in [5, 5.41) is 3.95. The average molecular weight is 360 g/mol. The maximum atomic E-state index is 12.8. The minimum absolute atomic E-state index is 0.0877. The van der Waals surface area contributed by atoms with Gasteiger partial charge in [-0.25, -0.2) is 0 Å². The van der Waals surface area contributed by atoms with Crippen molar-refractivity contribution in [3.8, 4) is 0 Å². The van der Waals surface area contributed by atoms with Gasteiger partial charge in [-0.3, -0.25) is 4.79 Å². The summed E-state index contributed by atoms with van der Waals surface area (Å²) in [4.78, 5) is 14.8. The Bertz CT molecular complexity index is 487. The van der Waals surface area contributed by atoms with Crippen LogP contribution in [0.3, 0.4) is 0 Å². The molecule has 1 aliphatic heterocycles. The van der Waals surface area contributed by atoms with E-state index in [-0.39, 0.29) is 5.91 Å². The Hall–Kier alpha value is -0.580. The standard InChI is InChI=1S/C15H20BrClN2O/c1-10(2)9-19(12-5-6-18-8-12)15(20)11-3-4-14(17)13(16)7-11/h3-4,7,10,12,18H,5-6,8-9H2,1-2H3. The van der Waals surface area contributed by atoms with Crippen LogP contribution in [0.25, 0.3) is 0 Å². The summed E-state index contributed by atoms with van der Waals surface area (Å²) in [6.45, 7) is 6.93. The van der Waals surface area contributed by atoms with Crippen molar-refractivity contribution in [3.63, 3.8) is 0 Å². The van der Waals surface area contributed by atoms with E-state index >= 15 is 0 Å². The second kappa shape index (κ2) is 6.92. The van der Waals surface area contributed by atoms with Crippen molar-refractivity contribution in [2.75, 3.05) is 19.6 Å². The summed E-state index contributed by atoms with van der Waals surface area (Å²) in [6.07, 6.45) is 1.02. The summed E-state index contributed by atoms with van der Waals surface area (Å²) < 4.78 is 0.763. The highest BCUT2D eigenvalue weighted by Gasteiger charge is 2.27. The van der Waals surface area contributed by atoms with E-state index in [1.165, 1.54) is 0 Å². The van der Waals surface area contributed by atoms with Gasteiger partial charge in [-0.1, -0.05) is 25.4 Å². The molecule has 1 saturated heterocycles. The van der Waals surface area contributed by atoms with Gasteiger partial charge in [0.05, 0.1) is 5.02 Å². The van der Waals surface area contributed by atoms with Gasteiger partial charge in [-0.05, 0) is 53.0 Å². The minimum Gasteiger partial charge on any atom is -0.334 e. The number of benzene rings is 1. The molecular formula is C15H20BrClN2O. The highest BCUT2D eigenvalue weighted by molar-refractivity contribution is 9.10. The molecule has 1 aromatic carbocycles. The Labute approximate surface area is 133 Å². The number of amides is 1. The largest absolute Gasteiger partial charge is 0.334 e. The quantitative estimate of drug-likeness (QED) is 0.891. The van der Waals surface area contributed by atoms with Gasteiger partial charge in [-0.2, -0.15) is 0 Å². The third-order valence-electron chi connectivity index (χ3n) is 3.46. The molecule has 1 fully saturated rings. The number of carbonyl (C=O) groups is 1. The first-order chi connectivity index (χ1) is 9.49. The van der Waals surface area contributed by atoms with Crippen LogP contribution in [0.15, 0.2) is 22.7 Å². The molecular weight excluding hydrogens is 340 g/mol. The first-order valence-corrected chi connectivity index (χ1v) is 8.13. The van der Waals surface area contributed by atoms with Crippen molar-refractivity contribution >= 4 is 33.4 Å². The van der Waals surface area contributed by atoms with Crippen LogP contribution in [0, 0.1) is 5.92 Å². The summed E-state index contributed by atoms with van der Waals surface area (Å²) in [7, 11) is 0. The van der Waals surface area contributed by atoms with Gasteiger partial charge in [0.25, 0.3) is 5.91 Å². The highest BCUT2D eigenvalue weighted by Crippen LogP contribution is 2.25. The number of rotatable bonds is 4. The fourth-order valence-electron chi connectivity index (χ4n) is 2.49. The van der Waals surface area contributed by atoms with E-state index in [1.807, 2.05) is 4.90 Å². The number of nitrogens with one attached hydrogen (secondary N) is 1. The van der Waals surface area contributed by atoms with Crippen molar-refractivity contribution in [2.24, 2.45) is 5.92 Å². The molecule has 2 rings (SSSR count). The van der Waals surface area contributed by atoms with Crippen molar-refractivity contribution in [2.45, 2.75) is 26.3 Å². The Morgan fingerprint density at radius 1 is 1.55 bits per heavy atom. The fraction of sp³-hybridized carbons (Fsp3) is 0.533. The van der Waals surface area contributed by atoms with Crippen LogP contribution in [0.4, 0.5) is 0 Å². The van der Waals surface area contributed by atoms with Crippen LogP contribution in [-0.4, -0.2) is 36.5 Å². The second-order valence-corrected chi connectivity index (χ2v) is 6.89. The Balaban J connectivity index is 2.22. The SMILES string of the molecule is CC(C)CN(C(=O)c1ccc(Cl)c(Br)c1)C1CCNC1. The number of halogens is 2. The van der Waals surface area contributed by atoms with Crippen LogP contribution in [0.5, 0.6) is 0 Å². The molecule has 0 saturated carbocycles. The smallest absolute Gasteiger partial charge is 0.254 e. The Morgan fingerprint density at radius 2 is 2.30 bits per heavy atom. The van der Waals surface area contributed by atoms with Gasteiger partial charge >= 0.3 is 0 Å². The molecule has 1 N–H and O–H groups in total. The van der Waals surface area contributed by atoms with E-state index in [1.54, 1.807) is 18.2 Å².